The fraction of sp³-hybridized carbons (Fsp3) is 0.167. The number of aromatic nitrogens is 4. The molecule has 3 heterocycles. The number of carbonyl (C=O) groups is 1. The maximum atomic E-state index is 12.1. The van der Waals surface area contributed by atoms with Gasteiger partial charge in [0.05, 0.1) is 16.1 Å². The van der Waals surface area contributed by atoms with E-state index in [1.807, 2.05) is 17.5 Å². The van der Waals surface area contributed by atoms with Gasteiger partial charge in [-0.3, -0.25) is 10.1 Å². The van der Waals surface area contributed by atoms with Gasteiger partial charge in [-0.15, -0.1) is 16.4 Å². The number of hydrogen-bond acceptors (Lipinski definition) is 6. The predicted octanol–water partition coefficient (Wildman–Crippen LogP) is 2.56. The molecule has 8 heteroatoms. The minimum absolute atomic E-state index is 0.218. The standard InChI is InChI=1S/C12H11N5OS2/c1-7-8(6-20-16-7)11(18)14-12-13-10(15-17(12)2)9-4-3-5-19-9/h3-6H,1-2H3,(H,13,14,15,18). The summed E-state index contributed by atoms with van der Waals surface area (Å²) in [6, 6.07) is 3.88. The summed E-state index contributed by atoms with van der Waals surface area (Å²) in [5.74, 6) is 0.812. The van der Waals surface area contributed by atoms with Gasteiger partial charge in [-0.1, -0.05) is 6.07 Å². The van der Waals surface area contributed by atoms with Crippen molar-refractivity contribution in [2.24, 2.45) is 7.05 Å². The zero-order valence-electron chi connectivity index (χ0n) is 10.8. The van der Waals surface area contributed by atoms with Gasteiger partial charge in [-0.2, -0.15) is 9.36 Å². The predicted molar refractivity (Wildman–Crippen MR) is 79.1 cm³/mol. The van der Waals surface area contributed by atoms with Crippen molar-refractivity contribution in [3.8, 4) is 10.7 Å². The van der Waals surface area contributed by atoms with Crippen molar-refractivity contribution in [3.05, 3.63) is 34.2 Å². The Kier molecular flexibility index (Phi) is 3.33. The number of thiophene rings is 1. The second kappa shape index (κ2) is 5.14. The largest absolute Gasteiger partial charge is 0.291 e. The van der Waals surface area contributed by atoms with E-state index in [4.69, 9.17) is 0 Å². The summed E-state index contributed by atoms with van der Waals surface area (Å²) in [6.45, 7) is 1.80. The Morgan fingerprint density at radius 3 is 2.95 bits per heavy atom. The molecule has 102 valence electrons. The Morgan fingerprint density at radius 1 is 1.45 bits per heavy atom. The maximum absolute atomic E-state index is 12.1. The van der Waals surface area contributed by atoms with Crippen LogP contribution in [0.1, 0.15) is 16.1 Å². The zero-order valence-corrected chi connectivity index (χ0v) is 12.5. The maximum Gasteiger partial charge on any atom is 0.260 e. The van der Waals surface area contributed by atoms with Crippen LogP contribution in [0.25, 0.3) is 10.7 Å². The summed E-state index contributed by atoms with van der Waals surface area (Å²) >= 11 is 2.82. The highest BCUT2D eigenvalue weighted by molar-refractivity contribution is 7.13. The molecule has 0 aliphatic heterocycles. The molecule has 0 saturated carbocycles. The topological polar surface area (TPSA) is 72.7 Å². The highest BCUT2D eigenvalue weighted by Gasteiger charge is 2.16. The van der Waals surface area contributed by atoms with Gasteiger partial charge >= 0.3 is 0 Å². The van der Waals surface area contributed by atoms with Crippen LogP contribution in [0.15, 0.2) is 22.9 Å². The van der Waals surface area contributed by atoms with E-state index in [0.29, 0.717) is 23.0 Å². The zero-order chi connectivity index (χ0) is 14.1. The van der Waals surface area contributed by atoms with E-state index in [9.17, 15) is 4.79 Å². The molecule has 0 aromatic carbocycles. The molecule has 0 radical (unpaired) electrons. The second-order valence-corrected chi connectivity index (χ2v) is 5.70. The summed E-state index contributed by atoms with van der Waals surface area (Å²) in [5, 5.41) is 10.7. The molecular weight excluding hydrogens is 294 g/mol. The second-order valence-electron chi connectivity index (χ2n) is 4.13. The van der Waals surface area contributed by atoms with Crippen molar-refractivity contribution >= 4 is 34.7 Å². The Balaban J connectivity index is 1.85. The highest BCUT2D eigenvalue weighted by atomic mass is 32.1. The van der Waals surface area contributed by atoms with Crippen molar-refractivity contribution < 1.29 is 4.79 Å². The Morgan fingerprint density at radius 2 is 2.30 bits per heavy atom. The van der Waals surface area contributed by atoms with Crippen LogP contribution in [0.5, 0.6) is 0 Å². The fourth-order valence-corrected chi connectivity index (χ4v) is 3.03. The molecule has 3 rings (SSSR count). The number of nitrogens with one attached hydrogen (secondary N) is 1. The first-order valence-corrected chi connectivity index (χ1v) is 7.54. The monoisotopic (exact) mass is 305 g/mol. The molecule has 0 aliphatic carbocycles. The number of nitrogens with zero attached hydrogens (tertiary/aromatic N) is 4. The molecule has 0 atom stereocenters. The first-order chi connectivity index (χ1) is 9.65. The quantitative estimate of drug-likeness (QED) is 0.807. The van der Waals surface area contributed by atoms with Gasteiger partial charge in [-0.05, 0) is 29.9 Å². The van der Waals surface area contributed by atoms with Gasteiger partial charge in [0, 0.05) is 12.4 Å². The van der Waals surface area contributed by atoms with Crippen molar-refractivity contribution in [2.75, 3.05) is 5.32 Å². The molecule has 3 aromatic heterocycles. The molecule has 1 N–H and O–H groups in total. The minimum atomic E-state index is -0.218. The number of rotatable bonds is 3. The molecule has 0 fully saturated rings. The lowest BCUT2D eigenvalue weighted by molar-refractivity contribution is 0.102. The Hall–Kier alpha value is -2.06. The summed E-state index contributed by atoms with van der Waals surface area (Å²) in [6.07, 6.45) is 0. The van der Waals surface area contributed by atoms with E-state index in [0.717, 1.165) is 4.88 Å². The number of hydrogen-bond donors (Lipinski definition) is 1. The summed E-state index contributed by atoms with van der Waals surface area (Å²) in [5.41, 5.74) is 1.28. The van der Waals surface area contributed by atoms with Gasteiger partial charge in [0.15, 0.2) is 5.82 Å². The molecule has 20 heavy (non-hydrogen) atoms. The van der Waals surface area contributed by atoms with Crippen LogP contribution in [-0.4, -0.2) is 25.0 Å². The van der Waals surface area contributed by atoms with Gasteiger partial charge in [0.1, 0.15) is 0 Å². The van der Waals surface area contributed by atoms with Gasteiger partial charge in [-0.25, -0.2) is 4.68 Å². The highest BCUT2D eigenvalue weighted by Crippen LogP contribution is 2.22. The van der Waals surface area contributed by atoms with Gasteiger partial charge in [0.25, 0.3) is 5.91 Å². The summed E-state index contributed by atoms with van der Waals surface area (Å²) in [4.78, 5) is 17.4. The average molecular weight is 305 g/mol. The van der Waals surface area contributed by atoms with Gasteiger partial charge in [0.2, 0.25) is 5.95 Å². The lowest BCUT2D eigenvalue weighted by Crippen LogP contribution is -2.15. The fourth-order valence-electron chi connectivity index (χ4n) is 1.68. The number of amides is 1. The van der Waals surface area contributed by atoms with Crippen molar-refractivity contribution in [1.29, 1.82) is 0 Å². The number of aryl methyl sites for hydroxylation is 2. The van der Waals surface area contributed by atoms with E-state index in [1.165, 1.54) is 11.5 Å². The molecule has 1 amide bonds. The van der Waals surface area contributed by atoms with E-state index in [-0.39, 0.29) is 5.91 Å². The van der Waals surface area contributed by atoms with Crippen LogP contribution in [0.2, 0.25) is 0 Å². The molecular formula is C12H11N5OS2. The Labute approximate surface area is 123 Å². The lowest BCUT2D eigenvalue weighted by Gasteiger charge is -2.01. The minimum Gasteiger partial charge on any atom is -0.291 e. The van der Waals surface area contributed by atoms with Crippen LogP contribution in [0, 0.1) is 6.92 Å². The van der Waals surface area contributed by atoms with Crippen LogP contribution >= 0.6 is 22.9 Å². The molecule has 0 unspecified atom stereocenters. The molecule has 0 bridgehead atoms. The molecule has 0 aliphatic rings. The van der Waals surface area contributed by atoms with Crippen LogP contribution in [0.3, 0.4) is 0 Å². The number of carbonyl (C=O) groups excluding carboxylic acids is 1. The third-order valence-electron chi connectivity index (χ3n) is 2.72. The first kappa shape index (κ1) is 12.9. The average Bonchev–Trinajstić information content (AvgIpc) is 3.11. The van der Waals surface area contributed by atoms with Crippen molar-refractivity contribution in [3.63, 3.8) is 0 Å². The molecule has 0 spiro atoms. The van der Waals surface area contributed by atoms with Crippen LogP contribution in [0.4, 0.5) is 5.95 Å². The molecule has 0 saturated heterocycles. The molecule has 3 aromatic rings. The van der Waals surface area contributed by atoms with E-state index < -0.39 is 0 Å². The lowest BCUT2D eigenvalue weighted by atomic mass is 10.2. The summed E-state index contributed by atoms with van der Waals surface area (Å²) < 4.78 is 5.64. The van der Waals surface area contributed by atoms with E-state index >= 15 is 0 Å². The first-order valence-electron chi connectivity index (χ1n) is 5.82. The summed E-state index contributed by atoms with van der Waals surface area (Å²) in [7, 11) is 1.75. The normalized spacial score (nSPS) is 10.7. The number of anilines is 1. The van der Waals surface area contributed by atoms with Crippen LogP contribution < -0.4 is 5.32 Å². The third kappa shape index (κ3) is 2.35. The van der Waals surface area contributed by atoms with Crippen LogP contribution in [-0.2, 0) is 7.05 Å². The third-order valence-corrected chi connectivity index (χ3v) is 4.31. The van der Waals surface area contributed by atoms with Crippen molar-refractivity contribution in [1.82, 2.24) is 19.1 Å². The van der Waals surface area contributed by atoms with Crippen molar-refractivity contribution in [2.45, 2.75) is 6.92 Å². The smallest absolute Gasteiger partial charge is 0.260 e. The van der Waals surface area contributed by atoms with Gasteiger partial charge < -0.3 is 0 Å². The Bertz CT molecular complexity index is 744. The van der Waals surface area contributed by atoms with E-state index in [1.54, 1.807) is 35.4 Å². The van der Waals surface area contributed by atoms with E-state index in [2.05, 4.69) is 19.8 Å². The SMILES string of the molecule is Cc1nscc1C(=O)Nc1nc(-c2cccs2)nn1C. The molecule has 6 nitrogen and oxygen atoms in total.